The molecule has 1 saturated heterocycles. The largest absolute Gasteiger partial charge is 0.378 e. The monoisotopic (exact) mass is 230 g/mol. The minimum absolute atomic E-state index is 0.0226. The normalized spacial score (nSPS) is 16.4. The van der Waals surface area contributed by atoms with Crippen molar-refractivity contribution >= 4 is 16.6 Å². The highest BCUT2D eigenvalue weighted by Gasteiger charge is 2.14. The summed E-state index contributed by atoms with van der Waals surface area (Å²) in [5, 5.41) is 1.06. The number of hydrogen-bond acceptors (Lipinski definition) is 3. The lowest BCUT2D eigenvalue weighted by molar-refractivity contribution is 0.122. The van der Waals surface area contributed by atoms with Gasteiger partial charge >= 0.3 is 0 Å². The third kappa shape index (κ3) is 1.91. The molecule has 1 aliphatic rings. The van der Waals surface area contributed by atoms with E-state index in [1.807, 2.05) is 30.3 Å². The number of para-hydroxylation sites is 1. The maximum Gasteiger partial charge on any atom is 0.271 e. The molecule has 0 atom stereocenters. The number of aromatic nitrogens is 1. The Labute approximate surface area is 98.8 Å². The summed E-state index contributed by atoms with van der Waals surface area (Å²) in [6.07, 6.45) is 0. The van der Waals surface area contributed by atoms with E-state index < -0.39 is 0 Å². The van der Waals surface area contributed by atoms with Gasteiger partial charge in [-0.2, -0.15) is 0 Å². The van der Waals surface area contributed by atoms with Crippen molar-refractivity contribution in [3.8, 4) is 0 Å². The first-order valence-corrected chi connectivity index (χ1v) is 5.79. The molecule has 1 aromatic carbocycles. The van der Waals surface area contributed by atoms with E-state index in [0.717, 1.165) is 29.7 Å². The lowest BCUT2D eigenvalue weighted by Gasteiger charge is -2.28. The molecule has 0 spiro atoms. The molecule has 0 aliphatic carbocycles. The summed E-state index contributed by atoms with van der Waals surface area (Å²) in [6, 6.07) is 9.78. The Bertz CT molecular complexity index is 585. The van der Waals surface area contributed by atoms with Gasteiger partial charge in [0.25, 0.3) is 5.56 Å². The molecular formula is C13H14N2O2. The van der Waals surface area contributed by atoms with Gasteiger partial charge < -0.3 is 14.6 Å². The van der Waals surface area contributed by atoms with Crippen LogP contribution in [0.1, 0.15) is 0 Å². The van der Waals surface area contributed by atoms with Crippen LogP contribution in [0.3, 0.4) is 0 Å². The van der Waals surface area contributed by atoms with Crippen LogP contribution >= 0.6 is 0 Å². The number of rotatable bonds is 1. The average Bonchev–Trinajstić information content (AvgIpc) is 2.39. The molecule has 1 aromatic heterocycles. The fourth-order valence-corrected chi connectivity index (χ4v) is 2.18. The van der Waals surface area contributed by atoms with E-state index in [9.17, 15) is 4.79 Å². The van der Waals surface area contributed by atoms with E-state index >= 15 is 0 Å². The Balaban J connectivity index is 2.09. The number of fused-ring (bicyclic) bond motifs is 1. The van der Waals surface area contributed by atoms with Gasteiger partial charge in [0.05, 0.1) is 13.2 Å². The third-order valence-corrected chi connectivity index (χ3v) is 3.09. The molecule has 0 amide bonds. The molecule has 2 heterocycles. The molecule has 1 fully saturated rings. The Morgan fingerprint density at radius 2 is 1.94 bits per heavy atom. The van der Waals surface area contributed by atoms with Crippen molar-refractivity contribution in [2.24, 2.45) is 0 Å². The zero-order chi connectivity index (χ0) is 11.7. The second kappa shape index (κ2) is 4.22. The summed E-state index contributed by atoms with van der Waals surface area (Å²) in [4.78, 5) is 17.0. The molecule has 3 rings (SSSR count). The molecule has 0 radical (unpaired) electrons. The fourth-order valence-electron chi connectivity index (χ4n) is 2.18. The molecule has 0 unspecified atom stereocenters. The van der Waals surface area contributed by atoms with Crippen molar-refractivity contribution in [3.63, 3.8) is 0 Å². The number of H-pyrrole nitrogens is 1. The first kappa shape index (κ1) is 10.4. The predicted molar refractivity (Wildman–Crippen MR) is 67.6 cm³/mol. The topological polar surface area (TPSA) is 45.3 Å². The summed E-state index contributed by atoms with van der Waals surface area (Å²) in [5.41, 5.74) is 1.60. The van der Waals surface area contributed by atoms with Crippen LogP contribution in [0, 0.1) is 0 Å². The Kier molecular flexibility index (Phi) is 2.57. The molecule has 0 saturated carbocycles. The van der Waals surface area contributed by atoms with Crippen LogP contribution in [0.15, 0.2) is 35.1 Å². The molecule has 0 bridgehead atoms. The molecule has 17 heavy (non-hydrogen) atoms. The van der Waals surface area contributed by atoms with Gasteiger partial charge in [-0.1, -0.05) is 18.2 Å². The highest BCUT2D eigenvalue weighted by molar-refractivity contribution is 5.81. The van der Waals surface area contributed by atoms with Crippen LogP contribution in [0.2, 0.25) is 0 Å². The molecule has 4 heteroatoms. The molecule has 1 aliphatic heterocycles. The van der Waals surface area contributed by atoms with Gasteiger partial charge in [0.15, 0.2) is 0 Å². The summed E-state index contributed by atoms with van der Waals surface area (Å²) in [5.74, 6) is 0. The van der Waals surface area contributed by atoms with Crippen LogP contribution in [0.4, 0.5) is 5.69 Å². The summed E-state index contributed by atoms with van der Waals surface area (Å²) >= 11 is 0. The van der Waals surface area contributed by atoms with E-state index in [1.54, 1.807) is 0 Å². The van der Waals surface area contributed by atoms with Gasteiger partial charge in [-0.25, -0.2) is 0 Å². The number of nitrogens with one attached hydrogen (secondary N) is 1. The van der Waals surface area contributed by atoms with Crippen LogP contribution in [-0.4, -0.2) is 31.3 Å². The number of morpholine rings is 1. The van der Waals surface area contributed by atoms with Gasteiger partial charge in [0, 0.05) is 24.0 Å². The first-order chi connectivity index (χ1) is 8.34. The Hall–Kier alpha value is -1.81. The minimum atomic E-state index is -0.0226. The molecule has 88 valence electrons. The van der Waals surface area contributed by atoms with Crippen molar-refractivity contribution in [1.82, 2.24) is 4.98 Å². The first-order valence-electron chi connectivity index (χ1n) is 5.79. The fraction of sp³-hybridized carbons (Fsp3) is 0.308. The number of benzene rings is 1. The highest BCUT2D eigenvalue weighted by atomic mass is 16.5. The average molecular weight is 230 g/mol. The number of pyridine rings is 1. The maximum atomic E-state index is 12.0. The molecule has 4 nitrogen and oxygen atoms in total. The third-order valence-electron chi connectivity index (χ3n) is 3.09. The lowest BCUT2D eigenvalue weighted by Crippen LogP contribution is -2.39. The summed E-state index contributed by atoms with van der Waals surface area (Å²) in [6.45, 7) is 2.93. The Morgan fingerprint density at radius 1 is 1.18 bits per heavy atom. The van der Waals surface area contributed by atoms with Gasteiger partial charge in [-0.05, 0) is 12.1 Å². The predicted octanol–water partition coefficient (Wildman–Crippen LogP) is 1.36. The molecule has 2 aromatic rings. The van der Waals surface area contributed by atoms with Crippen molar-refractivity contribution in [2.75, 3.05) is 31.2 Å². The summed E-state index contributed by atoms with van der Waals surface area (Å²) in [7, 11) is 0. The number of hydrogen-bond donors (Lipinski definition) is 1. The minimum Gasteiger partial charge on any atom is -0.378 e. The smallest absolute Gasteiger partial charge is 0.271 e. The second-order valence-corrected chi connectivity index (χ2v) is 4.17. The highest BCUT2D eigenvalue weighted by Crippen LogP contribution is 2.16. The van der Waals surface area contributed by atoms with Crippen LogP contribution in [0.5, 0.6) is 0 Å². The maximum absolute atomic E-state index is 12.0. The van der Waals surface area contributed by atoms with Crippen molar-refractivity contribution in [2.45, 2.75) is 0 Å². The Morgan fingerprint density at radius 3 is 2.76 bits per heavy atom. The van der Waals surface area contributed by atoms with Crippen LogP contribution < -0.4 is 10.5 Å². The number of anilines is 1. The van der Waals surface area contributed by atoms with E-state index in [-0.39, 0.29) is 5.56 Å². The van der Waals surface area contributed by atoms with Crippen molar-refractivity contribution in [1.29, 1.82) is 0 Å². The second-order valence-electron chi connectivity index (χ2n) is 4.17. The standard InChI is InChI=1S/C13H14N2O2/c16-13-12(15-5-7-17-8-6-15)9-10-3-1-2-4-11(10)14-13/h1-4,9H,5-8H2,(H,14,16). The zero-order valence-electron chi connectivity index (χ0n) is 9.48. The van der Waals surface area contributed by atoms with E-state index in [4.69, 9.17) is 4.74 Å². The van der Waals surface area contributed by atoms with Gasteiger partial charge in [0.2, 0.25) is 0 Å². The molecular weight excluding hydrogens is 216 g/mol. The van der Waals surface area contributed by atoms with Gasteiger partial charge in [0.1, 0.15) is 5.69 Å². The van der Waals surface area contributed by atoms with E-state index in [0.29, 0.717) is 13.2 Å². The van der Waals surface area contributed by atoms with Gasteiger partial charge in [-0.3, -0.25) is 4.79 Å². The summed E-state index contributed by atoms with van der Waals surface area (Å²) < 4.78 is 5.29. The van der Waals surface area contributed by atoms with Crippen molar-refractivity contribution < 1.29 is 4.74 Å². The number of nitrogens with zero attached hydrogens (tertiary/aromatic N) is 1. The van der Waals surface area contributed by atoms with E-state index in [1.165, 1.54) is 0 Å². The quantitative estimate of drug-likeness (QED) is 0.804. The van der Waals surface area contributed by atoms with Crippen LogP contribution in [0.25, 0.3) is 10.9 Å². The lowest BCUT2D eigenvalue weighted by atomic mass is 10.2. The molecule has 1 N–H and O–H groups in total. The number of ether oxygens (including phenoxy) is 1. The zero-order valence-corrected chi connectivity index (χ0v) is 9.48. The van der Waals surface area contributed by atoms with Gasteiger partial charge in [-0.15, -0.1) is 0 Å². The van der Waals surface area contributed by atoms with E-state index in [2.05, 4.69) is 9.88 Å². The SMILES string of the molecule is O=c1[nH]c2ccccc2cc1N1CCOCC1. The van der Waals surface area contributed by atoms with Crippen molar-refractivity contribution in [3.05, 3.63) is 40.7 Å². The number of aromatic amines is 1. The van der Waals surface area contributed by atoms with Crippen LogP contribution in [-0.2, 0) is 4.74 Å².